The molecule has 1 aliphatic carbocycles. The molecule has 0 saturated heterocycles. The van der Waals surface area contributed by atoms with Gasteiger partial charge in [-0.25, -0.2) is 0 Å². The summed E-state index contributed by atoms with van der Waals surface area (Å²) in [4.78, 5) is 0. The van der Waals surface area contributed by atoms with Gasteiger partial charge in [-0.2, -0.15) is 0 Å². The summed E-state index contributed by atoms with van der Waals surface area (Å²) in [5.41, 5.74) is 4.70. The summed E-state index contributed by atoms with van der Waals surface area (Å²) in [5.74, 6) is 1.76. The Balaban J connectivity index is 1.84. The molecular weight excluding hydrogens is 218 g/mol. The zero-order valence-corrected chi connectivity index (χ0v) is 11.9. The molecule has 1 atom stereocenters. The fraction of sp³-hybridized carbons (Fsp3) is 0.647. The highest BCUT2D eigenvalue weighted by molar-refractivity contribution is 5.59. The van der Waals surface area contributed by atoms with Crippen LogP contribution >= 0.6 is 0 Å². The van der Waals surface area contributed by atoms with E-state index in [4.69, 9.17) is 0 Å². The quantitative estimate of drug-likeness (QED) is 0.795. The van der Waals surface area contributed by atoms with Gasteiger partial charge in [-0.3, -0.25) is 0 Å². The molecule has 1 aliphatic heterocycles. The molecular formula is C17H25N. The standard InChI is InChI=1S/C17H25N/c1-17(2,3)14-7-8-16-15(10-14)13(11-18-16)9-12-5-4-6-12/h7-8,10,12-13,18H,4-6,9,11H2,1-3H3. The number of anilines is 1. The second kappa shape index (κ2) is 4.29. The third kappa shape index (κ3) is 2.15. The zero-order chi connectivity index (χ0) is 12.8. The maximum Gasteiger partial charge on any atom is 0.0376 e. The molecule has 98 valence electrons. The van der Waals surface area contributed by atoms with Gasteiger partial charge in [-0.1, -0.05) is 52.2 Å². The van der Waals surface area contributed by atoms with Crippen LogP contribution in [0.1, 0.15) is 63.5 Å². The van der Waals surface area contributed by atoms with Gasteiger partial charge in [0, 0.05) is 18.2 Å². The Morgan fingerprint density at radius 3 is 2.61 bits per heavy atom. The molecule has 1 aromatic rings. The van der Waals surface area contributed by atoms with E-state index in [1.165, 1.54) is 36.9 Å². The predicted octanol–water partition coefficient (Wildman–Crippen LogP) is 4.68. The van der Waals surface area contributed by atoms with Crippen LogP contribution in [-0.4, -0.2) is 6.54 Å². The van der Waals surface area contributed by atoms with E-state index < -0.39 is 0 Å². The maximum atomic E-state index is 3.58. The van der Waals surface area contributed by atoms with E-state index in [2.05, 4.69) is 44.3 Å². The molecule has 0 spiro atoms. The maximum absolute atomic E-state index is 3.58. The lowest BCUT2D eigenvalue weighted by molar-refractivity contribution is 0.280. The molecule has 0 bridgehead atoms. The number of hydrogen-bond acceptors (Lipinski definition) is 1. The van der Waals surface area contributed by atoms with E-state index in [0.717, 1.165) is 18.4 Å². The van der Waals surface area contributed by atoms with Crippen molar-refractivity contribution in [2.75, 3.05) is 11.9 Å². The highest BCUT2D eigenvalue weighted by atomic mass is 14.9. The molecule has 1 nitrogen and oxygen atoms in total. The first kappa shape index (κ1) is 12.1. The van der Waals surface area contributed by atoms with Crippen LogP contribution < -0.4 is 5.32 Å². The summed E-state index contributed by atoms with van der Waals surface area (Å²) < 4.78 is 0. The van der Waals surface area contributed by atoms with Crippen LogP contribution in [0.5, 0.6) is 0 Å². The van der Waals surface area contributed by atoms with E-state index in [1.807, 2.05) is 0 Å². The number of rotatable bonds is 2. The fourth-order valence-corrected chi connectivity index (χ4v) is 3.21. The molecule has 2 aliphatic rings. The van der Waals surface area contributed by atoms with Crippen molar-refractivity contribution in [2.45, 2.75) is 57.8 Å². The largest absolute Gasteiger partial charge is 0.384 e. The summed E-state index contributed by atoms with van der Waals surface area (Å²) in [5, 5.41) is 3.58. The molecule has 0 amide bonds. The monoisotopic (exact) mass is 243 g/mol. The molecule has 1 heterocycles. The molecule has 0 radical (unpaired) electrons. The average molecular weight is 243 g/mol. The first-order chi connectivity index (χ1) is 8.54. The second-order valence-corrected chi connectivity index (χ2v) is 7.16. The Bertz CT molecular complexity index is 437. The van der Waals surface area contributed by atoms with Crippen molar-refractivity contribution in [3.8, 4) is 0 Å². The molecule has 1 heteroatoms. The third-order valence-corrected chi connectivity index (χ3v) is 4.74. The number of benzene rings is 1. The van der Waals surface area contributed by atoms with Gasteiger partial charge < -0.3 is 5.32 Å². The summed E-state index contributed by atoms with van der Waals surface area (Å²) in [7, 11) is 0. The van der Waals surface area contributed by atoms with Crippen molar-refractivity contribution in [3.63, 3.8) is 0 Å². The van der Waals surface area contributed by atoms with E-state index in [1.54, 1.807) is 5.56 Å². The first-order valence-electron chi connectivity index (χ1n) is 7.42. The van der Waals surface area contributed by atoms with E-state index in [0.29, 0.717) is 0 Å². The van der Waals surface area contributed by atoms with Gasteiger partial charge in [-0.05, 0) is 34.9 Å². The van der Waals surface area contributed by atoms with Crippen LogP contribution in [0.4, 0.5) is 5.69 Å². The first-order valence-corrected chi connectivity index (χ1v) is 7.42. The Hall–Kier alpha value is -0.980. The lowest BCUT2D eigenvalue weighted by atomic mass is 9.77. The Morgan fingerprint density at radius 2 is 2.00 bits per heavy atom. The van der Waals surface area contributed by atoms with Crippen molar-refractivity contribution in [1.29, 1.82) is 0 Å². The van der Waals surface area contributed by atoms with Crippen molar-refractivity contribution in [2.24, 2.45) is 5.92 Å². The minimum Gasteiger partial charge on any atom is -0.384 e. The van der Waals surface area contributed by atoms with Gasteiger partial charge in [0.15, 0.2) is 0 Å². The summed E-state index contributed by atoms with van der Waals surface area (Å²) in [6.45, 7) is 8.06. The number of fused-ring (bicyclic) bond motifs is 1. The predicted molar refractivity (Wildman–Crippen MR) is 78.3 cm³/mol. The topological polar surface area (TPSA) is 12.0 Å². The van der Waals surface area contributed by atoms with E-state index >= 15 is 0 Å². The van der Waals surface area contributed by atoms with Crippen LogP contribution in [0.15, 0.2) is 18.2 Å². The third-order valence-electron chi connectivity index (χ3n) is 4.74. The summed E-state index contributed by atoms with van der Waals surface area (Å²) in [6, 6.07) is 7.03. The Morgan fingerprint density at radius 1 is 1.22 bits per heavy atom. The van der Waals surface area contributed by atoms with Crippen LogP contribution in [0, 0.1) is 5.92 Å². The lowest BCUT2D eigenvalue weighted by Crippen LogP contribution is -2.16. The molecule has 0 aromatic heterocycles. The highest BCUT2D eigenvalue weighted by Crippen LogP contribution is 2.42. The molecule has 1 fully saturated rings. The summed E-state index contributed by atoms with van der Waals surface area (Å²) in [6.07, 6.45) is 5.78. The lowest BCUT2D eigenvalue weighted by Gasteiger charge is -2.28. The van der Waals surface area contributed by atoms with Crippen molar-refractivity contribution >= 4 is 5.69 Å². The minimum absolute atomic E-state index is 0.263. The van der Waals surface area contributed by atoms with Crippen molar-refractivity contribution in [3.05, 3.63) is 29.3 Å². The average Bonchev–Trinajstić information content (AvgIpc) is 2.64. The number of nitrogens with one attached hydrogen (secondary N) is 1. The van der Waals surface area contributed by atoms with E-state index in [-0.39, 0.29) is 5.41 Å². The smallest absolute Gasteiger partial charge is 0.0376 e. The zero-order valence-electron chi connectivity index (χ0n) is 11.9. The second-order valence-electron chi connectivity index (χ2n) is 7.16. The SMILES string of the molecule is CC(C)(C)c1ccc2c(c1)C(CC1CCC1)CN2. The molecule has 18 heavy (non-hydrogen) atoms. The Labute approximate surface area is 111 Å². The number of hydrogen-bond donors (Lipinski definition) is 1. The van der Waals surface area contributed by atoms with Crippen LogP contribution in [-0.2, 0) is 5.41 Å². The minimum atomic E-state index is 0.263. The molecule has 1 saturated carbocycles. The van der Waals surface area contributed by atoms with Crippen LogP contribution in [0.2, 0.25) is 0 Å². The van der Waals surface area contributed by atoms with Crippen LogP contribution in [0.25, 0.3) is 0 Å². The fourth-order valence-electron chi connectivity index (χ4n) is 3.21. The van der Waals surface area contributed by atoms with Gasteiger partial charge in [0.2, 0.25) is 0 Å². The van der Waals surface area contributed by atoms with Crippen molar-refractivity contribution < 1.29 is 0 Å². The molecule has 3 rings (SSSR count). The highest BCUT2D eigenvalue weighted by Gasteiger charge is 2.29. The van der Waals surface area contributed by atoms with Gasteiger partial charge in [0.1, 0.15) is 0 Å². The van der Waals surface area contributed by atoms with Gasteiger partial charge >= 0.3 is 0 Å². The van der Waals surface area contributed by atoms with E-state index in [9.17, 15) is 0 Å². The molecule has 1 N–H and O–H groups in total. The van der Waals surface area contributed by atoms with Gasteiger partial charge in [-0.15, -0.1) is 0 Å². The van der Waals surface area contributed by atoms with Gasteiger partial charge in [0.25, 0.3) is 0 Å². The molecule has 1 aromatic carbocycles. The molecule has 1 unspecified atom stereocenters. The summed E-state index contributed by atoms with van der Waals surface area (Å²) >= 11 is 0. The van der Waals surface area contributed by atoms with Gasteiger partial charge in [0.05, 0.1) is 0 Å². The van der Waals surface area contributed by atoms with Crippen LogP contribution in [0.3, 0.4) is 0 Å². The van der Waals surface area contributed by atoms with Crippen molar-refractivity contribution in [1.82, 2.24) is 0 Å². The Kier molecular flexibility index (Phi) is 2.88. The normalized spacial score (nSPS) is 23.4.